The highest BCUT2D eigenvalue weighted by molar-refractivity contribution is 6.31. The maximum absolute atomic E-state index is 12.3. The van der Waals surface area contributed by atoms with Gasteiger partial charge in [-0.2, -0.15) is 5.26 Å². The summed E-state index contributed by atoms with van der Waals surface area (Å²) in [6, 6.07) is 7.70. The normalized spacial score (nSPS) is 16.6. The first kappa shape index (κ1) is 14.8. The first-order valence-electron chi connectivity index (χ1n) is 6.77. The number of nitriles is 1. The van der Waals surface area contributed by atoms with Crippen LogP contribution in [0.1, 0.15) is 28.8 Å². The maximum atomic E-state index is 12.3. The van der Waals surface area contributed by atoms with E-state index in [0.717, 1.165) is 31.5 Å². The average Bonchev–Trinajstić information content (AvgIpc) is 2.44. The molecule has 106 valence electrons. The number of amides is 1. The number of hydrogen-bond acceptors (Lipinski definition) is 3. The van der Waals surface area contributed by atoms with E-state index in [1.807, 2.05) is 6.92 Å². The van der Waals surface area contributed by atoms with E-state index in [9.17, 15) is 4.79 Å². The van der Waals surface area contributed by atoms with Crippen LogP contribution >= 0.6 is 11.6 Å². The Bertz CT molecular complexity index is 530. The fraction of sp³-hybridized carbons (Fsp3) is 0.467. The molecule has 1 amide bonds. The Morgan fingerprint density at radius 3 is 2.85 bits per heavy atom. The lowest BCUT2D eigenvalue weighted by molar-refractivity contribution is 0.0914. The molecule has 1 aromatic carbocycles. The molecule has 1 N–H and O–H groups in total. The molecule has 4 nitrogen and oxygen atoms in total. The molecule has 0 aliphatic carbocycles. The number of benzene rings is 1. The molecule has 0 saturated carbocycles. The minimum absolute atomic E-state index is 0.0660. The van der Waals surface area contributed by atoms with Gasteiger partial charge in [0.1, 0.15) is 0 Å². The van der Waals surface area contributed by atoms with Gasteiger partial charge in [0.15, 0.2) is 0 Å². The first-order chi connectivity index (χ1) is 9.61. The third-order valence-electron chi connectivity index (χ3n) is 3.73. The van der Waals surface area contributed by atoms with Gasteiger partial charge in [0.25, 0.3) is 5.91 Å². The molecule has 20 heavy (non-hydrogen) atoms. The Balaban J connectivity index is 1.93. The number of carbonyl (C=O) groups is 1. The Labute approximate surface area is 124 Å². The van der Waals surface area contributed by atoms with Crippen molar-refractivity contribution >= 4 is 17.5 Å². The van der Waals surface area contributed by atoms with Gasteiger partial charge < -0.3 is 5.32 Å². The summed E-state index contributed by atoms with van der Waals surface area (Å²) in [5, 5.41) is 12.3. The summed E-state index contributed by atoms with van der Waals surface area (Å²) < 4.78 is 0. The summed E-state index contributed by atoms with van der Waals surface area (Å²) >= 11 is 6.04. The monoisotopic (exact) mass is 291 g/mol. The zero-order valence-corrected chi connectivity index (χ0v) is 12.3. The lowest BCUT2D eigenvalue weighted by Crippen LogP contribution is -2.44. The number of hydrogen-bond donors (Lipinski definition) is 1. The summed E-state index contributed by atoms with van der Waals surface area (Å²) in [6.45, 7) is 4.03. The molecule has 1 heterocycles. The highest BCUT2D eigenvalue weighted by Gasteiger charge is 2.21. The highest BCUT2D eigenvalue weighted by Crippen LogP contribution is 2.19. The Morgan fingerprint density at radius 2 is 2.20 bits per heavy atom. The van der Waals surface area contributed by atoms with Crippen LogP contribution in [-0.4, -0.2) is 36.5 Å². The molecule has 0 spiro atoms. The Kier molecular flexibility index (Phi) is 4.99. The fourth-order valence-electron chi connectivity index (χ4n) is 2.45. The van der Waals surface area contributed by atoms with Crippen LogP contribution < -0.4 is 5.32 Å². The predicted molar refractivity (Wildman–Crippen MR) is 78.7 cm³/mol. The summed E-state index contributed by atoms with van der Waals surface area (Å²) in [6.07, 6.45) is 1.76. The molecule has 0 atom stereocenters. The zero-order valence-electron chi connectivity index (χ0n) is 11.5. The van der Waals surface area contributed by atoms with Crippen LogP contribution in [0.15, 0.2) is 18.2 Å². The molecule has 0 radical (unpaired) electrons. The SMILES string of the molecule is Cc1c(Cl)cccc1C(=O)NC1CCN(CC#N)CC1. The highest BCUT2D eigenvalue weighted by atomic mass is 35.5. The summed E-state index contributed by atoms with van der Waals surface area (Å²) in [7, 11) is 0. The van der Waals surface area contributed by atoms with Crippen LogP contribution in [0.5, 0.6) is 0 Å². The van der Waals surface area contributed by atoms with E-state index in [0.29, 0.717) is 17.1 Å². The second-order valence-corrected chi connectivity index (χ2v) is 5.50. The van der Waals surface area contributed by atoms with Crippen molar-refractivity contribution in [3.8, 4) is 6.07 Å². The van der Waals surface area contributed by atoms with Gasteiger partial charge in [-0.15, -0.1) is 0 Å². The van der Waals surface area contributed by atoms with Crippen LogP contribution in [0.3, 0.4) is 0 Å². The topological polar surface area (TPSA) is 56.1 Å². The second-order valence-electron chi connectivity index (χ2n) is 5.09. The van der Waals surface area contributed by atoms with Gasteiger partial charge in [-0.1, -0.05) is 17.7 Å². The van der Waals surface area contributed by atoms with Crippen molar-refractivity contribution in [2.24, 2.45) is 0 Å². The van der Waals surface area contributed by atoms with Crippen molar-refractivity contribution in [3.05, 3.63) is 34.3 Å². The summed E-state index contributed by atoms with van der Waals surface area (Å²) in [5.41, 5.74) is 1.45. The number of piperidine rings is 1. The first-order valence-corrected chi connectivity index (χ1v) is 7.15. The molecule has 0 bridgehead atoms. The predicted octanol–water partition coefficient (Wildman–Crippen LogP) is 2.37. The van der Waals surface area contributed by atoms with E-state index in [1.165, 1.54) is 0 Å². The summed E-state index contributed by atoms with van der Waals surface area (Å²) in [4.78, 5) is 14.4. The van der Waals surface area contributed by atoms with Crippen molar-refractivity contribution in [2.45, 2.75) is 25.8 Å². The van der Waals surface area contributed by atoms with Crippen LogP contribution in [0.4, 0.5) is 0 Å². The minimum atomic E-state index is -0.0660. The van der Waals surface area contributed by atoms with Crippen LogP contribution in [0.25, 0.3) is 0 Å². The van der Waals surface area contributed by atoms with E-state index in [1.54, 1.807) is 18.2 Å². The molecule has 2 rings (SSSR count). The Morgan fingerprint density at radius 1 is 1.50 bits per heavy atom. The van der Waals surface area contributed by atoms with Gasteiger partial charge in [0, 0.05) is 29.7 Å². The lowest BCUT2D eigenvalue weighted by atomic mass is 10.0. The molecule has 1 saturated heterocycles. The number of halogens is 1. The van der Waals surface area contributed by atoms with Crippen molar-refractivity contribution in [2.75, 3.05) is 19.6 Å². The van der Waals surface area contributed by atoms with E-state index in [-0.39, 0.29) is 11.9 Å². The fourth-order valence-corrected chi connectivity index (χ4v) is 2.63. The number of carbonyl (C=O) groups excluding carboxylic acids is 1. The quantitative estimate of drug-likeness (QED) is 0.870. The second kappa shape index (κ2) is 6.74. The molecule has 5 heteroatoms. The van der Waals surface area contributed by atoms with Crippen molar-refractivity contribution in [3.63, 3.8) is 0 Å². The van der Waals surface area contributed by atoms with E-state index >= 15 is 0 Å². The number of nitrogens with zero attached hydrogens (tertiary/aromatic N) is 2. The lowest BCUT2D eigenvalue weighted by Gasteiger charge is -2.30. The third-order valence-corrected chi connectivity index (χ3v) is 4.14. The maximum Gasteiger partial charge on any atom is 0.251 e. The minimum Gasteiger partial charge on any atom is -0.349 e. The zero-order chi connectivity index (χ0) is 14.5. The average molecular weight is 292 g/mol. The van der Waals surface area contributed by atoms with Gasteiger partial charge in [-0.05, 0) is 37.5 Å². The largest absolute Gasteiger partial charge is 0.349 e. The molecule has 0 unspecified atom stereocenters. The number of nitrogens with one attached hydrogen (secondary N) is 1. The van der Waals surface area contributed by atoms with E-state index < -0.39 is 0 Å². The molecule has 1 aliphatic rings. The van der Waals surface area contributed by atoms with Crippen molar-refractivity contribution < 1.29 is 4.79 Å². The van der Waals surface area contributed by atoms with Gasteiger partial charge in [0.05, 0.1) is 12.6 Å². The van der Waals surface area contributed by atoms with Crippen LogP contribution in [-0.2, 0) is 0 Å². The van der Waals surface area contributed by atoms with Gasteiger partial charge in [0.2, 0.25) is 0 Å². The standard InChI is InChI=1S/C15H18ClN3O/c1-11-13(3-2-4-14(11)16)15(20)18-12-5-8-19(9-6-12)10-7-17/h2-4,12H,5-6,8-10H2,1H3,(H,18,20). The van der Waals surface area contributed by atoms with Crippen molar-refractivity contribution in [1.82, 2.24) is 10.2 Å². The molecule has 1 fully saturated rings. The number of likely N-dealkylation sites (tertiary alicyclic amines) is 1. The molecular formula is C15H18ClN3O. The molecule has 0 aromatic heterocycles. The van der Waals surface area contributed by atoms with Gasteiger partial charge >= 0.3 is 0 Å². The molecule has 1 aromatic rings. The summed E-state index contributed by atoms with van der Waals surface area (Å²) in [5.74, 6) is -0.0660. The third kappa shape index (κ3) is 3.50. The van der Waals surface area contributed by atoms with Gasteiger partial charge in [-0.25, -0.2) is 0 Å². The number of rotatable bonds is 3. The smallest absolute Gasteiger partial charge is 0.251 e. The van der Waals surface area contributed by atoms with Gasteiger partial charge in [-0.3, -0.25) is 9.69 Å². The van der Waals surface area contributed by atoms with Crippen molar-refractivity contribution in [1.29, 1.82) is 5.26 Å². The van der Waals surface area contributed by atoms with Crippen LogP contribution in [0, 0.1) is 18.3 Å². The Hall–Kier alpha value is -1.57. The van der Waals surface area contributed by atoms with E-state index in [4.69, 9.17) is 16.9 Å². The van der Waals surface area contributed by atoms with E-state index in [2.05, 4.69) is 16.3 Å². The molecule has 1 aliphatic heterocycles. The van der Waals surface area contributed by atoms with Crippen LogP contribution in [0.2, 0.25) is 5.02 Å². The molecular weight excluding hydrogens is 274 g/mol.